The van der Waals surface area contributed by atoms with Gasteiger partial charge in [-0.2, -0.15) is 0 Å². The third kappa shape index (κ3) is 5.23. The Kier molecular flexibility index (Phi) is 7.12. The number of nitro benzene ring substituents is 1. The van der Waals surface area contributed by atoms with Crippen LogP contribution in [0, 0.1) is 37.8 Å². The second kappa shape index (κ2) is 10.5. The summed E-state index contributed by atoms with van der Waals surface area (Å²) in [5.74, 6) is -0.180. The SMILES string of the molecule is Cc1ccc(N2C(=O)/C(=C/c3cc(C)n(-c4ccc(Sc5ccc([N+](=O)[O-])cc5)cc4)c3C)NC2=S)cc1C. The quantitative estimate of drug-likeness (QED) is 0.119. The molecule has 1 aromatic heterocycles. The maximum Gasteiger partial charge on any atom is 0.281 e. The maximum absolute atomic E-state index is 13.3. The highest BCUT2D eigenvalue weighted by Crippen LogP contribution is 2.31. The average Bonchev–Trinajstić information content (AvgIpc) is 3.34. The van der Waals surface area contributed by atoms with Gasteiger partial charge in [0, 0.05) is 39.0 Å². The third-order valence-electron chi connectivity index (χ3n) is 6.78. The minimum Gasteiger partial charge on any atom is -0.327 e. The number of benzene rings is 3. The topological polar surface area (TPSA) is 80.4 Å². The number of amides is 1. The van der Waals surface area contributed by atoms with Gasteiger partial charge in [0.05, 0.1) is 10.6 Å². The molecule has 1 fully saturated rings. The van der Waals surface area contributed by atoms with Crippen molar-refractivity contribution in [2.24, 2.45) is 0 Å². The number of anilines is 1. The van der Waals surface area contributed by atoms with E-state index in [2.05, 4.69) is 16.0 Å². The van der Waals surface area contributed by atoms with E-state index in [0.717, 1.165) is 49.2 Å². The number of carbonyl (C=O) groups is 1. The number of nitro groups is 1. The minimum atomic E-state index is -0.400. The van der Waals surface area contributed by atoms with Crippen LogP contribution in [0.15, 0.2) is 88.3 Å². The zero-order valence-electron chi connectivity index (χ0n) is 21.9. The van der Waals surface area contributed by atoms with Gasteiger partial charge in [-0.05, 0) is 117 Å². The number of nitrogens with zero attached hydrogens (tertiary/aromatic N) is 3. The lowest BCUT2D eigenvalue weighted by Crippen LogP contribution is -2.30. The van der Waals surface area contributed by atoms with E-state index in [-0.39, 0.29) is 11.6 Å². The van der Waals surface area contributed by atoms with Gasteiger partial charge < -0.3 is 9.88 Å². The van der Waals surface area contributed by atoms with Crippen molar-refractivity contribution in [3.63, 3.8) is 0 Å². The molecule has 1 aliphatic rings. The first kappa shape index (κ1) is 26.4. The molecular weight excluding hydrogens is 528 g/mol. The van der Waals surface area contributed by atoms with Crippen LogP contribution in [-0.2, 0) is 4.79 Å². The summed E-state index contributed by atoms with van der Waals surface area (Å²) < 4.78 is 2.14. The number of hydrogen-bond acceptors (Lipinski definition) is 5. The molecule has 0 unspecified atom stereocenters. The Morgan fingerprint density at radius 1 is 0.872 bits per heavy atom. The summed E-state index contributed by atoms with van der Waals surface area (Å²) in [7, 11) is 0. The van der Waals surface area contributed by atoms with Gasteiger partial charge >= 0.3 is 0 Å². The molecule has 1 N–H and O–H groups in total. The van der Waals surface area contributed by atoms with Crippen LogP contribution >= 0.6 is 24.0 Å². The molecule has 7 nitrogen and oxygen atoms in total. The molecule has 9 heteroatoms. The fourth-order valence-corrected chi connectivity index (χ4v) is 5.67. The molecule has 0 atom stereocenters. The summed E-state index contributed by atoms with van der Waals surface area (Å²) in [6.07, 6.45) is 1.85. The normalized spacial score (nSPS) is 14.3. The number of thiocarbonyl (C=S) groups is 1. The highest BCUT2D eigenvalue weighted by Gasteiger charge is 2.32. The Bertz CT molecular complexity index is 1650. The van der Waals surface area contributed by atoms with E-state index in [1.54, 1.807) is 23.9 Å². The Hall–Kier alpha value is -4.21. The van der Waals surface area contributed by atoms with Crippen molar-refractivity contribution < 1.29 is 9.72 Å². The van der Waals surface area contributed by atoms with Gasteiger partial charge in [-0.25, -0.2) is 0 Å². The standard InChI is InChI=1S/C30H26N4O3S2/c1-18-5-6-25(15-19(18)2)33-29(35)28(31-30(33)38)17-22-16-20(3)32(21(22)4)23-7-11-26(12-8-23)39-27-13-9-24(10-14-27)34(36)37/h5-17H,1-4H3,(H,31,38)/b28-17-. The predicted molar refractivity (Wildman–Crippen MR) is 160 cm³/mol. The Morgan fingerprint density at radius 2 is 1.49 bits per heavy atom. The molecular formula is C30H26N4O3S2. The first-order valence-corrected chi connectivity index (χ1v) is 13.5. The Morgan fingerprint density at radius 3 is 2.10 bits per heavy atom. The van der Waals surface area contributed by atoms with Crippen molar-refractivity contribution in [3.05, 3.63) is 117 Å². The second-order valence-electron chi connectivity index (χ2n) is 9.41. The molecule has 0 saturated carbocycles. The maximum atomic E-state index is 13.3. The zero-order valence-corrected chi connectivity index (χ0v) is 23.5. The van der Waals surface area contributed by atoms with Gasteiger partial charge in [0.15, 0.2) is 5.11 Å². The molecule has 2 heterocycles. The number of rotatable bonds is 6. The van der Waals surface area contributed by atoms with Crippen LogP contribution in [0.1, 0.15) is 28.1 Å². The first-order valence-electron chi connectivity index (χ1n) is 12.3. The molecule has 1 amide bonds. The van der Waals surface area contributed by atoms with Crippen molar-refractivity contribution in [1.29, 1.82) is 0 Å². The average molecular weight is 555 g/mol. The summed E-state index contributed by atoms with van der Waals surface area (Å²) in [5.41, 5.74) is 7.49. The molecule has 0 aliphatic carbocycles. The highest BCUT2D eigenvalue weighted by molar-refractivity contribution is 7.99. The van der Waals surface area contributed by atoms with Crippen LogP contribution in [0.2, 0.25) is 0 Å². The van der Waals surface area contributed by atoms with Gasteiger partial charge in [0.1, 0.15) is 5.70 Å². The van der Waals surface area contributed by atoms with Gasteiger partial charge in [-0.15, -0.1) is 0 Å². The number of non-ortho nitro benzene ring substituents is 1. The van der Waals surface area contributed by atoms with Gasteiger partial charge in [0.25, 0.3) is 11.6 Å². The molecule has 3 aromatic carbocycles. The van der Waals surface area contributed by atoms with Crippen LogP contribution < -0.4 is 10.2 Å². The second-order valence-corrected chi connectivity index (χ2v) is 10.9. The van der Waals surface area contributed by atoms with Crippen LogP contribution in [-0.4, -0.2) is 20.5 Å². The Labute approximate surface area is 236 Å². The van der Waals surface area contributed by atoms with Crippen molar-refractivity contribution in [3.8, 4) is 5.69 Å². The summed E-state index contributed by atoms with van der Waals surface area (Å²) in [4.78, 5) is 27.3. The van der Waals surface area contributed by atoms with Gasteiger partial charge in [-0.1, -0.05) is 17.8 Å². The molecule has 0 radical (unpaired) electrons. The monoisotopic (exact) mass is 554 g/mol. The lowest BCUT2D eigenvalue weighted by Gasteiger charge is -2.15. The van der Waals surface area contributed by atoms with E-state index in [1.165, 1.54) is 17.0 Å². The number of aromatic nitrogens is 1. The summed E-state index contributed by atoms with van der Waals surface area (Å²) >= 11 is 7.05. The smallest absolute Gasteiger partial charge is 0.281 e. The largest absolute Gasteiger partial charge is 0.327 e. The van der Waals surface area contributed by atoms with Crippen LogP contribution in [0.5, 0.6) is 0 Å². The van der Waals surface area contributed by atoms with E-state index < -0.39 is 4.92 Å². The van der Waals surface area contributed by atoms with Crippen LogP contribution in [0.4, 0.5) is 11.4 Å². The molecule has 1 saturated heterocycles. The molecule has 4 aromatic rings. The fourth-order valence-electron chi connectivity index (χ4n) is 4.56. The van der Waals surface area contributed by atoms with Crippen LogP contribution in [0.3, 0.4) is 0 Å². The van der Waals surface area contributed by atoms with Crippen molar-refractivity contribution in [1.82, 2.24) is 9.88 Å². The molecule has 5 rings (SSSR count). The number of carbonyl (C=O) groups excluding carboxylic acids is 1. The molecule has 196 valence electrons. The third-order valence-corrected chi connectivity index (χ3v) is 8.08. The predicted octanol–water partition coefficient (Wildman–Crippen LogP) is 7.03. The highest BCUT2D eigenvalue weighted by atomic mass is 32.2. The molecule has 39 heavy (non-hydrogen) atoms. The van der Waals surface area contributed by atoms with E-state index in [4.69, 9.17) is 12.2 Å². The van der Waals surface area contributed by atoms with Crippen molar-refractivity contribution in [2.45, 2.75) is 37.5 Å². The fraction of sp³-hybridized carbons (Fsp3) is 0.133. The minimum absolute atomic E-state index is 0.0771. The van der Waals surface area contributed by atoms with Crippen molar-refractivity contribution >= 4 is 52.5 Å². The van der Waals surface area contributed by atoms with Crippen LogP contribution in [0.25, 0.3) is 11.8 Å². The molecule has 0 spiro atoms. The lowest BCUT2D eigenvalue weighted by atomic mass is 10.1. The van der Waals surface area contributed by atoms with E-state index in [1.807, 2.05) is 76.2 Å². The van der Waals surface area contributed by atoms with E-state index >= 15 is 0 Å². The van der Waals surface area contributed by atoms with E-state index in [0.29, 0.717) is 10.8 Å². The summed E-state index contributed by atoms with van der Waals surface area (Å²) in [6.45, 7) is 8.11. The summed E-state index contributed by atoms with van der Waals surface area (Å²) in [6, 6.07) is 22.6. The number of nitrogens with one attached hydrogen (secondary N) is 1. The van der Waals surface area contributed by atoms with Gasteiger partial charge in [0.2, 0.25) is 0 Å². The lowest BCUT2D eigenvalue weighted by molar-refractivity contribution is -0.384. The van der Waals surface area contributed by atoms with E-state index in [9.17, 15) is 14.9 Å². The number of aryl methyl sites for hydroxylation is 3. The number of hydrogen-bond donors (Lipinski definition) is 1. The zero-order chi connectivity index (χ0) is 27.8. The van der Waals surface area contributed by atoms with Crippen molar-refractivity contribution in [2.75, 3.05) is 4.90 Å². The molecule has 0 bridgehead atoms. The Balaban J connectivity index is 1.37. The van der Waals surface area contributed by atoms with Gasteiger partial charge in [-0.3, -0.25) is 19.8 Å². The molecule has 1 aliphatic heterocycles. The first-order chi connectivity index (χ1) is 18.6. The summed E-state index contributed by atoms with van der Waals surface area (Å²) in [5, 5.41) is 14.3.